The van der Waals surface area contributed by atoms with Crippen molar-refractivity contribution in [2.45, 2.75) is 6.42 Å². The summed E-state index contributed by atoms with van der Waals surface area (Å²) in [5, 5.41) is 18.2. The number of halogens is 1. The quantitative estimate of drug-likeness (QED) is 0.722. The summed E-state index contributed by atoms with van der Waals surface area (Å²) >= 11 is 0. The molecule has 0 saturated carbocycles. The molecule has 5 heteroatoms. The number of hydrogen-bond acceptors (Lipinski definition) is 3. The Labute approximate surface area is 94.1 Å². The van der Waals surface area contributed by atoms with E-state index in [1.807, 2.05) is 0 Å². The van der Waals surface area contributed by atoms with Gasteiger partial charge < -0.3 is 15.9 Å². The van der Waals surface area contributed by atoms with Crippen LogP contribution in [0.3, 0.4) is 0 Å². The van der Waals surface area contributed by atoms with Gasteiger partial charge in [0.25, 0.3) is 0 Å². The van der Waals surface area contributed by atoms with Crippen molar-refractivity contribution in [3.05, 3.63) is 29.8 Å². The van der Waals surface area contributed by atoms with E-state index in [0.29, 0.717) is 5.56 Å². The molecule has 0 radical (unpaired) electrons. The lowest BCUT2D eigenvalue weighted by molar-refractivity contribution is -0.141. The second kappa shape index (κ2) is 6.27. The summed E-state index contributed by atoms with van der Waals surface area (Å²) in [5.74, 6) is -1.45. The van der Waals surface area contributed by atoms with E-state index in [2.05, 4.69) is 0 Å². The fourth-order valence-electron chi connectivity index (χ4n) is 1.22. The maximum Gasteiger partial charge on any atom is 0.308 e. The van der Waals surface area contributed by atoms with Crippen LogP contribution in [0.2, 0.25) is 0 Å². The molecule has 0 aliphatic carbocycles. The van der Waals surface area contributed by atoms with Gasteiger partial charge in [0, 0.05) is 6.54 Å². The molecule has 0 aliphatic rings. The second-order valence-electron chi connectivity index (χ2n) is 3.10. The fourth-order valence-corrected chi connectivity index (χ4v) is 1.22. The summed E-state index contributed by atoms with van der Waals surface area (Å²) in [7, 11) is 0. The van der Waals surface area contributed by atoms with E-state index in [0.717, 1.165) is 0 Å². The van der Waals surface area contributed by atoms with Crippen molar-refractivity contribution < 1.29 is 15.0 Å². The van der Waals surface area contributed by atoms with Crippen LogP contribution < -0.4 is 5.73 Å². The predicted octanol–water partition coefficient (Wildman–Crippen LogP) is 1.02. The van der Waals surface area contributed by atoms with Gasteiger partial charge in [-0.1, -0.05) is 18.2 Å². The van der Waals surface area contributed by atoms with Crippen LogP contribution in [0.4, 0.5) is 0 Å². The van der Waals surface area contributed by atoms with Gasteiger partial charge in [0.05, 0.1) is 5.92 Å². The number of carboxylic acid groups (broad SMARTS) is 1. The Kier molecular flexibility index (Phi) is 5.74. The largest absolute Gasteiger partial charge is 0.508 e. The molecule has 0 unspecified atom stereocenters. The number of aromatic hydroxyl groups is 1. The van der Waals surface area contributed by atoms with Crippen LogP contribution >= 0.6 is 12.4 Å². The summed E-state index contributed by atoms with van der Waals surface area (Å²) in [5.41, 5.74) is 5.93. The van der Waals surface area contributed by atoms with E-state index in [1.165, 1.54) is 6.07 Å². The number of carboxylic acids is 1. The summed E-state index contributed by atoms with van der Waals surface area (Å²) in [6, 6.07) is 6.67. The first-order chi connectivity index (χ1) is 6.65. The van der Waals surface area contributed by atoms with Gasteiger partial charge in [-0.05, 0) is 18.1 Å². The Hall–Kier alpha value is -1.26. The number of benzene rings is 1. The molecule has 0 fully saturated rings. The number of carbonyl (C=O) groups is 1. The number of nitrogens with two attached hydrogens (primary N) is 1. The summed E-state index contributed by atoms with van der Waals surface area (Å²) < 4.78 is 0. The third-order valence-corrected chi connectivity index (χ3v) is 2.09. The molecule has 15 heavy (non-hydrogen) atoms. The molecule has 1 rings (SSSR count). The van der Waals surface area contributed by atoms with Gasteiger partial charge in [0.1, 0.15) is 5.75 Å². The van der Waals surface area contributed by atoms with Crippen LogP contribution in [0.25, 0.3) is 0 Å². The summed E-state index contributed by atoms with van der Waals surface area (Å²) in [6.45, 7) is 0.0731. The highest BCUT2D eigenvalue weighted by molar-refractivity contribution is 5.85. The molecular weight excluding hydrogens is 218 g/mol. The topological polar surface area (TPSA) is 83.5 Å². The first-order valence-electron chi connectivity index (χ1n) is 4.35. The van der Waals surface area contributed by atoms with Crippen molar-refractivity contribution in [1.29, 1.82) is 0 Å². The molecule has 4 nitrogen and oxygen atoms in total. The van der Waals surface area contributed by atoms with Crippen LogP contribution in [0.5, 0.6) is 5.75 Å². The van der Waals surface area contributed by atoms with Crippen LogP contribution in [-0.4, -0.2) is 22.7 Å². The zero-order chi connectivity index (χ0) is 10.6. The summed E-state index contributed by atoms with van der Waals surface area (Å²) in [6.07, 6.45) is 0.262. The van der Waals surface area contributed by atoms with Crippen molar-refractivity contribution in [3.63, 3.8) is 0 Å². The first kappa shape index (κ1) is 13.7. The van der Waals surface area contributed by atoms with Crippen LogP contribution in [0.1, 0.15) is 5.56 Å². The average molecular weight is 232 g/mol. The molecule has 1 aromatic carbocycles. The molecule has 0 saturated heterocycles. The number of hydrogen-bond donors (Lipinski definition) is 3. The molecule has 0 bridgehead atoms. The first-order valence-corrected chi connectivity index (χ1v) is 4.35. The van der Waals surface area contributed by atoms with Gasteiger partial charge in [-0.3, -0.25) is 4.79 Å². The van der Waals surface area contributed by atoms with Crippen molar-refractivity contribution in [1.82, 2.24) is 0 Å². The van der Waals surface area contributed by atoms with Crippen LogP contribution in [-0.2, 0) is 11.2 Å². The molecule has 0 spiro atoms. The number of phenolic OH excluding ortho intramolecular Hbond substituents is 1. The summed E-state index contributed by atoms with van der Waals surface area (Å²) in [4.78, 5) is 10.7. The number of phenols is 1. The Bertz CT molecular complexity index is 330. The monoisotopic (exact) mass is 231 g/mol. The minimum atomic E-state index is -0.934. The normalized spacial score (nSPS) is 11.5. The van der Waals surface area contributed by atoms with Gasteiger partial charge in [-0.2, -0.15) is 0 Å². The van der Waals surface area contributed by atoms with Gasteiger partial charge in [0.2, 0.25) is 0 Å². The molecule has 0 aliphatic heterocycles. The molecular formula is C10H14ClNO3. The van der Waals surface area contributed by atoms with Gasteiger partial charge >= 0.3 is 5.97 Å². The maximum absolute atomic E-state index is 10.7. The van der Waals surface area contributed by atoms with Crippen molar-refractivity contribution in [2.24, 2.45) is 11.7 Å². The Morgan fingerprint density at radius 2 is 2.00 bits per heavy atom. The highest BCUT2D eigenvalue weighted by Gasteiger charge is 2.17. The lowest BCUT2D eigenvalue weighted by Gasteiger charge is -2.10. The highest BCUT2D eigenvalue weighted by Crippen LogP contribution is 2.19. The van der Waals surface area contributed by atoms with E-state index in [4.69, 9.17) is 10.8 Å². The van der Waals surface area contributed by atoms with Gasteiger partial charge in [-0.15, -0.1) is 12.4 Å². The fraction of sp³-hybridized carbons (Fsp3) is 0.300. The Morgan fingerprint density at radius 3 is 2.47 bits per heavy atom. The zero-order valence-electron chi connectivity index (χ0n) is 8.09. The van der Waals surface area contributed by atoms with Crippen molar-refractivity contribution in [2.75, 3.05) is 6.54 Å². The minimum absolute atomic E-state index is 0. The minimum Gasteiger partial charge on any atom is -0.508 e. The predicted molar refractivity (Wildman–Crippen MR) is 59.2 cm³/mol. The molecule has 0 amide bonds. The molecule has 4 N–H and O–H groups in total. The third kappa shape index (κ3) is 3.77. The number of aliphatic carboxylic acids is 1. The smallest absolute Gasteiger partial charge is 0.308 e. The van der Waals surface area contributed by atoms with Crippen molar-refractivity contribution in [3.8, 4) is 5.75 Å². The maximum atomic E-state index is 10.7. The van der Waals surface area contributed by atoms with Gasteiger partial charge in [-0.25, -0.2) is 0 Å². The van der Waals surface area contributed by atoms with Gasteiger partial charge in [0.15, 0.2) is 0 Å². The highest BCUT2D eigenvalue weighted by atomic mass is 35.5. The van der Waals surface area contributed by atoms with E-state index in [-0.39, 0.29) is 31.1 Å². The third-order valence-electron chi connectivity index (χ3n) is 2.09. The Morgan fingerprint density at radius 1 is 1.40 bits per heavy atom. The average Bonchev–Trinajstić information content (AvgIpc) is 2.16. The number of rotatable bonds is 4. The second-order valence-corrected chi connectivity index (χ2v) is 3.10. The zero-order valence-corrected chi connectivity index (χ0v) is 8.91. The van der Waals surface area contributed by atoms with E-state index in [9.17, 15) is 9.90 Å². The van der Waals surface area contributed by atoms with Crippen LogP contribution in [0, 0.1) is 5.92 Å². The molecule has 0 aromatic heterocycles. The number of para-hydroxylation sites is 1. The lowest BCUT2D eigenvalue weighted by atomic mass is 9.99. The molecule has 1 atom stereocenters. The van der Waals surface area contributed by atoms with E-state index < -0.39 is 11.9 Å². The Balaban J connectivity index is 0.00000196. The molecule has 84 valence electrons. The SMILES string of the molecule is Cl.NC[C@@H](Cc1ccccc1O)C(=O)O. The standard InChI is InChI=1S/C10H13NO3.ClH/c11-6-8(10(13)14)5-7-3-1-2-4-9(7)12;/h1-4,8,12H,5-6,11H2,(H,13,14);1H/t8-;/m1./s1. The van der Waals surface area contributed by atoms with Crippen molar-refractivity contribution >= 4 is 18.4 Å². The molecule has 1 aromatic rings. The van der Waals surface area contributed by atoms with E-state index >= 15 is 0 Å². The molecule has 0 heterocycles. The lowest BCUT2D eigenvalue weighted by Crippen LogP contribution is -2.25. The van der Waals surface area contributed by atoms with Crippen LogP contribution in [0.15, 0.2) is 24.3 Å². The van der Waals surface area contributed by atoms with E-state index in [1.54, 1.807) is 18.2 Å².